The quantitative estimate of drug-likeness (QED) is 0.490. The molecule has 18 heavy (non-hydrogen) atoms. The van der Waals surface area contributed by atoms with Crippen LogP contribution in [0.15, 0.2) is 60.9 Å². The van der Waals surface area contributed by atoms with E-state index in [1.165, 1.54) is 32.9 Å². The van der Waals surface area contributed by atoms with Gasteiger partial charge in [0.25, 0.3) is 0 Å². The summed E-state index contributed by atoms with van der Waals surface area (Å²) in [6.45, 7) is 0. The van der Waals surface area contributed by atoms with Crippen LogP contribution in [0.5, 0.6) is 0 Å². The maximum absolute atomic E-state index is 3.32. The largest absolute Gasteiger partial charge is 0.361 e. The Hall–Kier alpha value is -2.48. The molecule has 0 radical (unpaired) electrons. The first-order chi connectivity index (χ1) is 8.92. The van der Waals surface area contributed by atoms with Gasteiger partial charge in [0.05, 0.1) is 0 Å². The number of benzene rings is 2. The lowest BCUT2D eigenvalue weighted by molar-refractivity contribution is 1.47. The van der Waals surface area contributed by atoms with Gasteiger partial charge in [-0.2, -0.15) is 0 Å². The van der Waals surface area contributed by atoms with Crippen LogP contribution in [0.3, 0.4) is 0 Å². The number of rotatable bonds is 1. The predicted octanol–water partition coefficient (Wildman–Crippen LogP) is 4.32. The summed E-state index contributed by atoms with van der Waals surface area (Å²) in [6, 6.07) is 17.0. The van der Waals surface area contributed by atoms with Crippen LogP contribution in [-0.4, -0.2) is 9.97 Å². The van der Waals surface area contributed by atoms with Crippen molar-refractivity contribution in [3.8, 4) is 11.1 Å². The van der Waals surface area contributed by atoms with E-state index >= 15 is 0 Å². The van der Waals surface area contributed by atoms with Crippen LogP contribution in [0.1, 0.15) is 0 Å². The second-order valence-corrected chi connectivity index (χ2v) is 4.53. The van der Waals surface area contributed by atoms with Crippen LogP contribution >= 0.6 is 0 Å². The van der Waals surface area contributed by atoms with E-state index in [2.05, 4.69) is 64.7 Å². The van der Waals surface area contributed by atoms with Crippen molar-refractivity contribution in [1.82, 2.24) is 9.97 Å². The number of aromatic nitrogens is 2. The van der Waals surface area contributed by atoms with E-state index < -0.39 is 0 Å². The summed E-state index contributed by atoms with van der Waals surface area (Å²) >= 11 is 0. The minimum Gasteiger partial charge on any atom is -0.361 e. The van der Waals surface area contributed by atoms with Crippen molar-refractivity contribution in [3.05, 3.63) is 60.9 Å². The molecule has 2 nitrogen and oxygen atoms in total. The van der Waals surface area contributed by atoms with Crippen molar-refractivity contribution in [1.29, 1.82) is 0 Å². The monoisotopic (exact) mass is 232 g/mol. The maximum atomic E-state index is 3.32. The molecule has 0 saturated heterocycles. The standard InChI is InChI=1S/C16H12N2/c1-2-4-15-13(3-1)14(10-18-15)12-6-5-11-7-8-17-16(11)9-12/h1-10,17-18H. The molecule has 2 aromatic carbocycles. The fourth-order valence-electron chi connectivity index (χ4n) is 2.53. The number of H-pyrrole nitrogens is 2. The third-order valence-corrected chi connectivity index (χ3v) is 3.46. The minimum absolute atomic E-state index is 1.18. The molecular weight excluding hydrogens is 220 g/mol. The van der Waals surface area contributed by atoms with Crippen molar-refractivity contribution >= 4 is 21.8 Å². The molecule has 0 aliphatic carbocycles. The van der Waals surface area contributed by atoms with Gasteiger partial charge in [0.2, 0.25) is 0 Å². The Balaban J connectivity index is 2.00. The molecule has 2 aromatic heterocycles. The Morgan fingerprint density at radius 1 is 0.778 bits per heavy atom. The van der Waals surface area contributed by atoms with Gasteiger partial charge in [0, 0.05) is 34.4 Å². The molecule has 0 aliphatic rings. The number of nitrogens with one attached hydrogen (secondary N) is 2. The zero-order valence-electron chi connectivity index (χ0n) is 9.77. The predicted molar refractivity (Wildman–Crippen MR) is 75.6 cm³/mol. The van der Waals surface area contributed by atoms with Gasteiger partial charge in [-0.25, -0.2) is 0 Å². The molecule has 2 heterocycles. The Morgan fingerprint density at radius 2 is 1.72 bits per heavy atom. The number of hydrogen-bond donors (Lipinski definition) is 2. The summed E-state index contributed by atoms with van der Waals surface area (Å²) < 4.78 is 0. The van der Waals surface area contributed by atoms with E-state index in [1.807, 2.05) is 6.20 Å². The Bertz CT molecular complexity index is 836. The van der Waals surface area contributed by atoms with Gasteiger partial charge in [-0.1, -0.05) is 30.3 Å². The fourth-order valence-corrected chi connectivity index (χ4v) is 2.53. The lowest BCUT2D eigenvalue weighted by Gasteiger charge is -2.00. The summed E-state index contributed by atoms with van der Waals surface area (Å²) in [5.74, 6) is 0. The smallest absolute Gasteiger partial charge is 0.0460 e. The molecule has 0 saturated carbocycles. The van der Waals surface area contributed by atoms with Crippen molar-refractivity contribution < 1.29 is 0 Å². The summed E-state index contributed by atoms with van der Waals surface area (Å²) in [6.07, 6.45) is 4.05. The third-order valence-electron chi connectivity index (χ3n) is 3.46. The van der Waals surface area contributed by atoms with Gasteiger partial charge in [0.1, 0.15) is 0 Å². The van der Waals surface area contributed by atoms with E-state index in [0.717, 1.165) is 0 Å². The first-order valence-corrected chi connectivity index (χ1v) is 6.05. The average Bonchev–Trinajstić information content (AvgIpc) is 3.04. The van der Waals surface area contributed by atoms with Crippen LogP contribution < -0.4 is 0 Å². The van der Waals surface area contributed by atoms with Gasteiger partial charge in [-0.3, -0.25) is 0 Å². The first-order valence-electron chi connectivity index (χ1n) is 6.05. The molecule has 0 aliphatic heterocycles. The molecule has 4 aromatic rings. The summed E-state index contributed by atoms with van der Waals surface area (Å²) in [5.41, 5.74) is 4.85. The highest BCUT2D eigenvalue weighted by molar-refractivity contribution is 5.97. The molecule has 0 unspecified atom stereocenters. The van der Waals surface area contributed by atoms with Gasteiger partial charge < -0.3 is 9.97 Å². The van der Waals surface area contributed by atoms with Crippen LogP contribution in [0.4, 0.5) is 0 Å². The van der Waals surface area contributed by atoms with Crippen LogP contribution in [0, 0.1) is 0 Å². The summed E-state index contributed by atoms with van der Waals surface area (Å²) in [4.78, 5) is 6.58. The molecule has 0 fully saturated rings. The Kier molecular flexibility index (Phi) is 1.86. The molecule has 0 atom stereocenters. The van der Waals surface area contributed by atoms with Crippen LogP contribution in [0.2, 0.25) is 0 Å². The van der Waals surface area contributed by atoms with Crippen molar-refractivity contribution in [2.24, 2.45) is 0 Å². The molecular formula is C16H12N2. The number of fused-ring (bicyclic) bond motifs is 2. The lowest BCUT2D eigenvalue weighted by Crippen LogP contribution is -1.76. The Morgan fingerprint density at radius 3 is 2.72 bits per heavy atom. The third kappa shape index (κ3) is 1.29. The highest BCUT2D eigenvalue weighted by Crippen LogP contribution is 2.30. The number of hydrogen-bond acceptors (Lipinski definition) is 0. The van der Waals surface area contributed by atoms with Crippen molar-refractivity contribution in [3.63, 3.8) is 0 Å². The summed E-state index contributed by atoms with van der Waals surface area (Å²) in [5, 5.41) is 2.52. The van der Waals surface area contributed by atoms with Crippen LogP contribution in [0.25, 0.3) is 32.9 Å². The highest BCUT2D eigenvalue weighted by Gasteiger charge is 2.06. The molecule has 2 N–H and O–H groups in total. The second kappa shape index (κ2) is 3.50. The van der Waals surface area contributed by atoms with Gasteiger partial charge >= 0.3 is 0 Å². The molecule has 0 bridgehead atoms. The minimum atomic E-state index is 1.18. The van der Waals surface area contributed by atoms with Gasteiger partial charge in [0.15, 0.2) is 0 Å². The average molecular weight is 232 g/mol. The normalized spacial score (nSPS) is 11.3. The second-order valence-electron chi connectivity index (χ2n) is 4.53. The molecule has 2 heteroatoms. The SMILES string of the molecule is c1ccc2c(-c3ccc4cc[nH]c4c3)c[nH]c2c1. The fraction of sp³-hybridized carbons (Fsp3) is 0. The zero-order valence-corrected chi connectivity index (χ0v) is 9.77. The summed E-state index contributed by atoms with van der Waals surface area (Å²) in [7, 11) is 0. The lowest BCUT2D eigenvalue weighted by atomic mass is 10.0. The van der Waals surface area contributed by atoms with Gasteiger partial charge in [-0.05, 0) is 29.1 Å². The zero-order chi connectivity index (χ0) is 11.9. The maximum Gasteiger partial charge on any atom is 0.0460 e. The van der Waals surface area contributed by atoms with E-state index in [0.29, 0.717) is 0 Å². The molecule has 86 valence electrons. The first kappa shape index (κ1) is 9.54. The highest BCUT2D eigenvalue weighted by atomic mass is 14.7. The van der Waals surface area contributed by atoms with E-state index in [1.54, 1.807) is 0 Å². The Labute approximate surface area is 104 Å². The van der Waals surface area contributed by atoms with Crippen molar-refractivity contribution in [2.75, 3.05) is 0 Å². The van der Waals surface area contributed by atoms with E-state index in [-0.39, 0.29) is 0 Å². The van der Waals surface area contributed by atoms with E-state index in [4.69, 9.17) is 0 Å². The number of aromatic amines is 2. The molecule has 0 spiro atoms. The van der Waals surface area contributed by atoms with E-state index in [9.17, 15) is 0 Å². The van der Waals surface area contributed by atoms with Crippen molar-refractivity contribution in [2.45, 2.75) is 0 Å². The van der Waals surface area contributed by atoms with Crippen LogP contribution in [-0.2, 0) is 0 Å². The van der Waals surface area contributed by atoms with Gasteiger partial charge in [-0.15, -0.1) is 0 Å². The number of para-hydroxylation sites is 1. The topological polar surface area (TPSA) is 31.6 Å². The molecule has 0 amide bonds. The molecule has 4 rings (SSSR count).